The first-order valence-electron chi connectivity index (χ1n) is 3.31. The third-order valence-electron chi connectivity index (χ3n) is 1.21. The van der Waals surface area contributed by atoms with Gasteiger partial charge < -0.3 is 25.0 Å². The summed E-state index contributed by atoms with van der Waals surface area (Å²) < 4.78 is 0. The van der Waals surface area contributed by atoms with Gasteiger partial charge in [-0.2, -0.15) is 9.61 Å². The van der Waals surface area contributed by atoms with Gasteiger partial charge in [-0.3, -0.25) is 0 Å². The van der Waals surface area contributed by atoms with E-state index in [1.165, 1.54) is 0 Å². The van der Waals surface area contributed by atoms with Crippen LogP contribution in [0, 0.1) is 0 Å². The Hall–Kier alpha value is -1.20. The fourth-order valence-electron chi connectivity index (χ4n) is 0.550. The molecule has 0 aliphatic carbocycles. The summed E-state index contributed by atoms with van der Waals surface area (Å²) in [7, 11) is -2.15. The first kappa shape index (κ1) is 10.9. The highest BCUT2D eigenvalue weighted by Crippen LogP contribution is 2.04. The number of carbonyl (C=O) groups excluding carboxylic acids is 2. The summed E-state index contributed by atoms with van der Waals surface area (Å²) in [5.41, 5.74) is 0. The first-order chi connectivity index (χ1) is 6.52. The fourth-order valence-corrected chi connectivity index (χ4v) is 0.550. The SMILES string of the molecule is O=C1OOB(O)OOC(=O)C(O)C1O. The third-order valence-corrected chi connectivity index (χ3v) is 1.21. The molecule has 0 spiro atoms. The summed E-state index contributed by atoms with van der Waals surface area (Å²) in [5, 5.41) is 26.4. The molecule has 1 heterocycles. The number of carbonyl (C=O) groups is 2. The van der Waals surface area contributed by atoms with E-state index >= 15 is 0 Å². The predicted molar refractivity (Wildman–Crippen MR) is 34.3 cm³/mol. The molecular weight excluding hydrogens is 203 g/mol. The molecule has 2 unspecified atom stereocenters. The predicted octanol–water partition coefficient (Wildman–Crippen LogP) is -3.35. The zero-order chi connectivity index (χ0) is 10.7. The molecule has 0 aromatic rings. The Morgan fingerprint density at radius 1 is 1.00 bits per heavy atom. The fraction of sp³-hybridized carbons (Fsp3) is 0.500. The van der Waals surface area contributed by atoms with Crippen LogP contribution in [-0.2, 0) is 29.0 Å². The van der Waals surface area contributed by atoms with Crippen molar-refractivity contribution >= 4 is 19.3 Å². The number of hydrogen-bond donors (Lipinski definition) is 3. The number of rotatable bonds is 0. The van der Waals surface area contributed by atoms with Crippen molar-refractivity contribution in [3.05, 3.63) is 0 Å². The minimum atomic E-state index is -2.18. The highest BCUT2D eigenvalue weighted by atomic mass is 17.3. The average Bonchev–Trinajstić information content (AvgIpc) is 2.21. The summed E-state index contributed by atoms with van der Waals surface area (Å²) >= 11 is 0. The number of hydrogen-bond acceptors (Lipinski definition) is 9. The van der Waals surface area contributed by atoms with Gasteiger partial charge >= 0.3 is 19.3 Å². The molecule has 2 atom stereocenters. The Bertz CT molecular complexity index is 217. The lowest BCUT2D eigenvalue weighted by atomic mass is 10.2. The molecule has 0 bridgehead atoms. The molecule has 1 aliphatic rings. The highest BCUT2D eigenvalue weighted by Gasteiger charge is 2.38. The molecule has 1 fully saturated rings. The summed E-state index contributed by atoms with van der Waals surface area (Å²) in [6.07, 6.45) is -4.37. The van der Waals surface area contributed by atoms with Gasteiger partial charge in [0.05, 0.1) is 0 Å². The van der Waals surface area contributed by atoms with Gasteiger partial charge in [0, 0.05) is 0 Å². The van der Waals surface area contributed by atoms with Gasteiger partial charge in [-0.05, 0) is 0 Å². The lowest BCUT2D eigenvalue weighted by molar-refractivity contribution is -0.271. The van der Waals surface area contributed by atoms with Crippen molar-refractivity contribution in [3.8, 4) is 0 Å². The molecule has 14 heavy (non-hydrogen) atoms. The molecule has 0 amide bonds. The Kier molecular flexibility index (Phi) is 3.38. The van der Waals surface area contributed by atoms with Crippen molar-refractivity contribution in [1.29, 1.82) is 0 Å². The molecule has 78 valence electrons. The second-order valence-electron chi connectivity index (χ2n) is 2.19. The molecule has 0 radical (unpaired) electrons. The Morgan fingerprint density at radius 2 is 1.36 bits per heavy atom. The quantitative estimate of drug-likeness (QED) is 0.275. The van der Waals surface area contributed by atoms with Crippen LogP contribution in [0.15, 0.2) is 0 Å². The molecule has 1 aliphatic heterocycles. The normalized spacial score (nSPS) is 29.8. The first-order valence-corrected chi connectivity index (χ1v) is 3.31. The van der Waals surface area contributed by atoms with Crippen LogP contribution in [0.5, 0.6) is 0 Å². The second kappa shape index (κ2) is 4.35. The summed E-state index contributed by atoms with van der Waals surface area (Å²) in [6.45, 7) is 0. The van der Waals surface area contributed by atoms with E-state index < -0.39 is 31.5 Å². The van der Waals surface area contributed by atoms with Gasteiger partial charge in [0.25, 0.3) is 0 Å². The molecule has 0 aromatic heterocycles. The maximum atomic E-state index is 10.7. The van der Waals surface area contributed by atoms with Crippen molar-refractivity contribution in [3.63, 3.8) is 0 Å². The molecule has 1 rings (SSSR count). The van der Waals surface area contributed by atoms with Crippen LogP contribution >= 0.6 is 0 Å². The van der Waals surface area contributed by atoms with Crippen LogP contribution in [0.1, 0.15) is 0 Å². The van der Waals surface area contributed by atoms with Crippen LogP contribution < -0.4 is 0 Å². The molecule has 3 N–H and O–H groups in total. The van der Waals surface area contributed by atoms with Crippen LogP contribution in [0.2, 0.25) is 0 Å². The maximum absolute atomic E-state index is 10.7. The van der Waals surface area contributed by atoms with Crippen LogP contribution in [0.4, 0.5) is 0 Å². The average molecular weight is 208 g/mol. The van der Waals surface area contributed by atoms with Gasteiger partial charge in [0.2, 0.25) is 0 Å². The maximum Gasteiger partial charge on any atom is 0.713 e. The van der Waals surface area contributed by atoms with Crippen molar-refractivity contribution in [2.45, 2.75) is 12.2 Å². The molecule has 0 saturated carbocycles. The zero-order valence-corrected chi connectivity index (χ0v) is 6.52. The number of aliphatic hydroxyl groups is 2. The van der Waals surface area contributed by atoms with Gasteiger partial charge in [-0.25, -0.2) is 9.59 Å². The van der Waals surface area contributed by atoms with Crippen molar-refractivity contribution < 1.29 is 44.2 Å². The highest BCUT2D eigenvalue weighted by molar-refractivity contribution is 6.34. The Morgan fingerprint density at radius 3 is 1.71 bits per heavy atom. The molecular formula is C4H5BO9. The third kappa shape index (κ3) is 2.40. The van der Waals surface area contributed by atoms with E-state index in [1.807, 2.05) is 0 Å². The lowest BCUT2D eigenvalue weighted by Crippen LogP contribution is -2.40. The lowest BCUT2D eigenvalue weighted by Gasteiger charge is -2.10. The van der Waals surface area contributed by atoms with Crippen LogP contribution in [0.3, 0.4) is 0 Å². The van der Waals surface area contributed by atoms with Crippen molar-refractivity contribution in [1.82, 2.24) is 0 Å². The van der Waals surface area contributed by atoms with E-state index in [0.29, 0.717) is 0 Å². The van der Waals surface area contributed by atoms with E-state index in [2.05, 4.69) is 19.4 Å². The Labute approximate surface area is 76.8 Å². The second-order valence-corrected chi connectivity index (χ2v) is 2.19. The monoisotopic (exact) mass is 208 g/mol. The summed E-state index contributed by atoms with van der Waals surface area (Å²) in [4.78, 5) is 36.4. The number of aliphatic hydroxyl groups excluding tert-OH is 2. The Balaban J connectivity index is 2.73. The van der Waals surface area contributed by atoms with Crippen molar-refractivity contribution in [2.24, 2.45) is 0 Å². The molecule has 1 saturated heterocycles. The topological polar surface area (TPSA) is 132 Å². The standard InChI is InChI=1S/C4H5BO9/c6-1-2(7)4(9)12-14-5(10)13-11-3(1)8/h1-2,6-7,10H. The van der Waals surface area contributed by atoms with E-state index in [4.69, 9.17) is 15.2 Å². The smallest absolute Gasteiger partial charge is 0.398 e. The van der Waals surface area contributed by atoms with Gasteiger partial charge in [-0.1, -0.05) is 0 Å². The van der Waals surface area contributed by atoms with Crippen LogP contribution in [-0.4, -0.2) is 46.7 Å². The largest absolute Gasteiger partial charge is 0.713 e. The van der Waals surface area contributed by atoms with Gasteiger partial charge in [0.1, 0.15) is 0 Å². The molecule has 0 aromatic carbocycles. The van der Waals surface area contributed by atoms with Crippen LogP contribution in [0.25, 0.3) is 0 Å². The molecule has 9 nitrogen and oxygen atoms in total. The van der Waals surface area contributed by atoms with Gasteiger partial charge in [0.15, 0.2) is 12.2 Å². The molecule has 10 heteroatoms. The summed E-state index contributed by atoms with van der Waals surface area (Å²) in [5.74, 6) is -2.95. The van der Waals surface area contributed by atoms with Crippen molar-refractivity contribution in [2.75, 3.05) is 0 Å². The van der Waals surface area contributed by atoms with E-state index in [0.717, 1.165) is 0 Å². The van der Waals surface area contributed by atoms with E-state index in [-0.39, 0.29) is 0 Å². The summed E-state index contributed by atoms with van der Waals surface area (Å²) in [6, 6.07) is 0. The zero-order valence-electron chi connectivity index (χ0n) is 6.52. The van der Waals surface area contributed by atoms with Gasteiger partial charge in [-0.15, -0.1) is 0 Å². The minimum absolute atomic E-state index is 1.47. The van der Waals surface area contributed by atoms with E-state index in [9.17, 15) is 9.59 Å². The van der Waals surface area contributed by atoms with E-state index in [1.54, 1.807) is 0 Å². The minimum Gasteiger partial charge on any atom is -0.398 e.